The number of sulfone groups is 1. The van der Waals surface area contributed by atoms with Crippen LogP contribution in [0, 0.1) is 5.92 Å². The monoisotopic (exact) mass is 300 g/mol. The predicted molar refractivity (Wildman–Crippen MR) is 77.4 cm³/mol. The molecule has 3 atom stereocenters. The quantitative estimate of drug-likeness (QED) is 0.743. The van der Waals surface area contributed by atoms with Gasteiger partial charge in [-0.05, 0) is 19.3 Å². The van der Waals surface area contributed by atoms with Crippen LogP contribution in [0.2, 0.25) is 0 Å². The number of rotatable bonds is 3. The van der Waals surface area contributed by atoms with E-state index in [-0.39, 0.29) is 17.2 Å². The molecule has 0 N–H and O–H groups in total. The van der Waals surface area contributed by atoms with E-state index in [2.05, 4.69) is 9.80 Å². The minimum absolute atomic E-state index is 0.0146. The van der Waals surface area contributed by atoms with Crippen molar-refractivity contribution < 1.29 is 13.2 Å². The van der Waals surface area contributed by atoms with E-state index in [0.29, 0.717) is 12.2 Å². The number of nitrogens with zero attached hydrogens (tertiary/aromatic N) is 2. The molecule has 4 rings (SSSR count). The molecule has 20 heavy (non-hydrogen) atoms. The number of carbonyl (C=O) groups is 1. The van der Waals surface area contributed by atoms with Gasteiger partial charge < -0.3 is 0 Å². The lowest BCUT2D eigenvalue weighted by atomic mass is 9.82. The van der Waals surface area contributed by atoms with E-state index in [9.17, 15) is 13.2 Å². The maximum Gasteiger partial charge on any atom is 0.154 e. The van der Waals surface area contributed by atoms with Crippen molar-refractivity contribution in [3.8, 4) is 0 Å². The van der Waals surface area contributed by atoms with E-state index in [1.165, 1.54) is 6.26 Å². The predicted octanol–water partition coefficient (Wildman–Crippen LogP) is 0.159. The SMILES string of the molecule is CS(=O)(=O)C1CCCC(C(=O)C2CN3CCN2CC3)C1. The zero-order valence-electron chi connectivity index (χ0n) is 12.1. The highest BCUT2D eigenvalue weighted by Crippen LogP contribution is 2.31. The molecule has 1 aliphatic carbocycles. The van der Waals surface area contributed by atoms with Crippen LogP contribution in [0.4, 0.5) is 0 Å². The van der Waals surface area contributed by atoms with E-state index >= 15 is 0 Å². The molecular weight excluding hydrogens is 276 g/mol. The molecule has 3 unspecified atom stereocenters. The average Bonchev–Trinajstić information content (AvgIpc) is 2.47. The number of piperazine rings is 3. The van der Waals surface area contributed by atoms with Crippen LogP contribution in [0.15, 0.2) is 0 Å². The van der Waals surface area contributed by atoms with Crippen molar-refractivity contribution in [2.75, 3.05) is 39.0 Å². The molecule has 1 saturated carbocycles. The summed E-state index contributed by atoms with van der Waals surface area (Å²) in [4.78, 5) is 17.4. The first kappa shape index (κ1) is 14.5. The van der Waals surface area contributed by atoms with Gasteiger partial charge in [0, 0.05) is 44.9 Å². The second-order valence-electron chi connectivity index (χ2n) is 6.57. The smallest absolute Gasteiger partial charge is 0.154 e. The van der Waals surface area contributed by atoms with Crippen molar-refractivity contribution in [2.24, 2.45) is 5.92 Å². The van der Waals surface area contributed by atoms with Gasteiger partial charge in [0.15, 0.2) is 5.78 Å². The van der Waals surface area contributed by atoms with E-state index < -0.39 is 9.84 Å². The number of carbonyl (C=O) groups excluding carboxylic acids is 1. The number of ketones is 1. The Labute approximate surface area is 121 Å². The van der Waals surface area contributed by atoms with Crippen LogP contribution >= 0.6 is 0 Å². The summed E-state index contributed by atoms with van der Waals surface area (Å²) < 4.78 is 23.5. The van der Waals surface area contributed by atoms with Gasteiger partial charge in [-0.1, -0.05) is 6.42 Å². The van der Waals surface area contributed by atoms with Crippen molar-refractivity contribution in [3.05, 3.63) is 0 Å². The Hall–Kier alpha value is -0.460. The van der Waals surface area contributed by atoms with Crippen molar-refractivity contribution in [3.63, 3.8) is 0 Å². The Kier molecular flexibility index (Phi) is 3.90. The summed E-state index contributed by atoms with van der Waals surface area (Å²) in [5.74, 6) is 0.247. The molecule has 0 aromatic rings. The Balaban J connectivity index is 1.68. The van der Waals surface area contributed by atoms with Gasteiger partial charge in [-0.25, -0.2) is 8.42 Å². The molecule has 3 saturated heterocycles. The van der Waals surface area contributed by atoms with Crippen LogP contribution in [0.1, 0.15) is 25.7 Å². The van der Waals surface area contributed by atoms with Crippen LogP contribution in [-0.2, 0) is 14.6 Å². The molecular formula is C14H24N2O3S. The van der Waals surface area contributed by atoms with E-state index in [1.54, 1.807) is 0 Å². The molecule has 6 heteroatoms. The van der Waals surface area contributed by atoms with Crippen molar-refractivity contribution >= 4 is 15.6 Å². The van der Waals surface area contributed by atoms with Gasteiger partial charge in [-0.3, -0.25) is 14.6 Å². The molecule has 114 valence electrons. The van der Waals surface area contributed by atoms with Crippen LogP contribution in [0.3, 0.4) is 0 Å². The lowest BCUT2D eigenvalue weighted by Gasteiger charge is -2.47. The first-order valence-corrected chi connectivity index (χ1v) is 9.59. The minimum Gasteiger partial charge on any atom is -0.299 e. The lowest BCUT2D eigenvalue weighted by molar-refractivity contribution is -0.134. The van der Waals surface area contributed by atoms with Gasteiger partial charge >= 0.3 is 0 Å². The van der Waals surface area contributed by atoms with E-state index in [0.717, 1.165) is 52.0 Å². The maximum atomic E-state index is 12.8. The standard InChI is InChI=1S/C14H24N2O3S/c1-20(18,19)12-4-2-3-11(9-12)14(17)13-10-15-5-7-16(13)8-6-15/h11-13H,2-10H2,1H3. The largest absolute Gasteiger partial charge is 0.299 e. The molecule has 2 bridgehead atoms. The molecule has 0 aromatic carbocycles. The summed E-state index contributed by atoms with van der Waals surface area (Å²) in [5.41, 5.74) is 0. The molecule has 3 aliphatic heterocycles. The van der Waals surface area contributed by atoms with Gasteiger partial charge in [-0.15, -0.1) is 0 Å². The number of hydrogen-bond donors (Lipinski definition) is 0. The highest BCUT2D eigenvalue weighted by molar-refractivity contribution is 7.91. The number of hydrogen-bond acceptors (Lipinski definition) is 5. The van der Waals surface area contributed by atoms with Crippen LogP contribution in [-0.4, -0.2) is 74.3 Å². The molecule has 4 aliphatic rings. The highest BCUT2D eigenvalue weighted by Gasteiger charge is 2.41. The molecule has 0 amide bonds. The molecule has 0 aromatic heterocycles. The fraction of sp³-hybridized carbons (Fsp3) is 0.929. The summed E-state index contributed by atoms with van der Waals surface area (Å²) in [6, 6.07) is 0.0146. The van der Waals surface area contributed by atoms with Crippen molar-refractivity contribution in [1.29, 1.82) is 0 Å². The Morgan fingerprint density at radius 1 is 1.10 bits per heavy atom. The fourth-order valence-corrected chi connectivity index (χ4v) is 5.13. The topological polar surface area (TPSA) is 57.7 Å². The maximum absolute atomic E-state index is 12.8. The lowest BCUT2D eigenvalue weighted by Crippen LogP contribution is -2.64. The van der Waals surface area contributed by atoms with Gasteiger partial charge in [-0.2, -0.15) is 0 Å². The summed E-state index contributed by atoms with van der Waals surface area (Å²) in [7, 11) is -3.01. The molecule has 3 heterocycles. The summed E-state index contributed by atoms with van der Waals surface area (Å²) >= 11 is 0. The second-order valence-corrected chi connectivity index (χ2v) is 8.90. The van der Waals surface area contributed by atoms with E-state index in [1.807, 2.05) is 0 Å². The van der Waals surface area contributed by atoms with Gasteiger partial charge in [0.05, 0.1) is 11.3 Å². The normalized spacial score (nSPS) is 41.5. The molecule has 0 radical (unpaired) electrons. The number of fused-ring (bicyclic) bond motifs is 3. The summed E-state index contributed by atoms with van der Waals surface area (Å²) in [5, 5.41) is -0.304. The highest BCUT2D eigenvalue weighted by atomic mass is 32.2. The van der Waals surface area contributed by atoms with Crippen LogP contribution in [0.5, 0.6) is 0 Å². The summed E-state index contributed by atoms with van der Waals surface area (Å²) in [6.07, 6.45) is 4.31. The zero-order valence-corrected chi connectivity index (χ0v) is 12.9. The molecule has 4 fully saturated rings. The van der Waals surface area contributed by atoms with E-state index in [4.69, 9.17) is 0 Å². The Morgan fingerprint density at radius 2 is 1.80 bits per heavy atom. The van der Waals surface area contributed by atoms with Crippen LogP contribution in [0.25, 0.3) is 0 Å². The minimum atomic E-state index is -3.01. The van der Waals surface area contributed by atoms with Gasteiger partial charge in [0.2, 0.25) is 0 Å². The summed E-state index contributed by atoms with van der Waals surface area (Å²) in [6.45, 7) is 4.96. The molecule has 5 nitrogen and oxygen atoms in total. The molecule has 0 spiro atoms. The Morgan fingerprint density at radius 3 is 2.35 bits per heavy atom. The second kappa shape index (κ2) is 5.39. The fourth-order valence-electron chi connectivity index (χ4n) is 3.95. The third-order valence-electron chi connectivity index (χ3n) is 5.24. The van der Waals surface area contributed by atoms with Gasteiger partial charge in [0.25, 0.3) is 0 Å². The first-order chi connectivity index (χ1) is 9.45. The zero-order chi connectivity index (χ0) is 14.3. The van der Waals surface area contributed by atoms with Crippen molar-refractivity contribution in [1.82, 2.24) is 9.80 Å². The number of Topliss-reactive ketones (excluding diaryl/α,β-unsaturated/α-hetero) is 1. The Bertz CT molecular complexity index is 483. The van der Waals surface area contributed by atoms with Gasteiger partial charge in [0.1, 0.15) is 9.84 Å². The first-order valence-electron chi connectivity index (χ1n) is 7.64. The third kappa shape index (κ3) is 2.78. The van der Waals surface area contributed by atoms with Crippen molar-refractivity contribution in [2.45, 2.75) is 37.0 Å². The third-order valence-corrected chi connectivity index (χ3v) is 6.88. The van der Waals surface area contributed by atoms with Crippen LogP contribution < -0.4 is 0 Å². The average molecular weight is 300 g/mol.